The molecule has 19 heavy (non-hydrogen) atoms. The van der Waals surface area contributed by atoms with Gasteiger partial charge in [-0.3, -0.25) is 14.3 Å². The van der Waals surface area contributed by atoms with E-state index >= 15 is 0 Å². The average Bonchev–Trinajstić information content (AvgIpc) is 3.10. The van der Waals surface area contributed by atoms with Gasteiger partial charge in [0.15, 0.2) is 0 Å². The summed E-state index contributed by atoms with van der Waals surface area (Å²) in [6, 6.07) is 1.92. The topological polar surface area (TPSA) is 75.4 Å². The molecule has 104 valence electrons. The number of amides is 1. The minimum atomic E-state index is -0.875. The number of rotatable bonds is 5. The van der Waals surface area contributed by atoms with Crippen LogP contribution in [0.15, 0.2) is 6.07 Å². The van der Waals surface area contributed by atoms with E-state index in [4.69, 9.17) is 5.11 Å². The van der Waals surface area contributed by atoms with Crippen molar-refractivity contribution >= 4 is 11.9 Å². The summed E-state index contributed by atoms with van der Waals surface area (Å²) in [5.41, 5.74) is 1.30. The molecule has 0 unspecified atom stereocenters. The van der Waals surface area contributed by atoms with E-state index in [1.807, 2.05) is 6.92 Å². The van der Waals surface area contributed by atoms with E-state index in [0.717, 1.165) is 18.5 Å². The fraction of sp³-hybridized carbons (Fsp3) is 0.615. The molecule has 2 rings (SSSR count). The standard InChI is InChI=1S/C13H19N3O3/c1-8(13(18)19)7-16(10-4-5-10)12(17)11-6-9(2)14-15(11)3/h6,8,10H,4-5,7H2,1-3H3,(H,18,19)/t8-/m0/s1. The highest BCUT2D eigenvalue weighted by Crippen LogP contribution is 2.29. The molecule has 1 aliphatic carbocycles. The van der Waals surface area contributed by atoms with Crippen LogP contribution in [0.5, 0.6) is 0 Å². The number of nitrogens with zero attached hydrogens (tertiary/aromatic N) is 3. The van der Waals surface area contributed by atoms with Gasteiger partial charge in [-0.15, -0.1) is 0 Å². The van der Waals surface area contributed by atoms with Crippen LogP contribution >= 0.6 is 0 Å². The van der Waals surface area contributed by atoms with Gasteiger partial charge in [0.1, 0.15) is 5.69 Å². The zero-order chi connectivity index (χ0) is 14.2. The van der Waals surface area contributed by atoms with E-state index in [1.54, 1.807) is 29.6 Å². The van der Waals surface area contributed by atoms with Crippen LogP contribution < -0.4 is 0 Å². The Bertz CT molecular complexity index is 505. The molecule has 1 saturated carbocycles. The van der Waals surface area contributed by atoms with E-state index in [1.165, 1.54) is 0 Å². The summed E-state index contributed by atoms with van der Waals surface area (Å²) >= 11 is 0. The Kier molecular flexibility index (Phi) is 3.59. The van der Waals surface area contributed by atoms with E-state index in [2.05, 4.69) is 5.10 Å². The zero-order valence-electron chi connectivity index (χ0n) is 11.5. The van der Waals surface area contributed by atoms with E-state index in [-0.39, 0.29) is 18.5 Å². The number of hydrogen-bond donors (Lipinski definition) is 1. The van der Waals surface area contributed by atoms with Crippen LogP contribution in [-0.4, -0.2) is 44.3 Å². The molecule has 6 nitrogen and oxygen atoms in total. The third-order valence-corrected chi connectivity index (χ3v) is 3.36. The van der Waals surface area contributed by atoms with E-state index in [0.29, 0.717) is 5.69 Å². The van der Waals surface area contributed by atoms with Crippen LogP contribution in [0.1, 0.15) is 35.9 Å². The highest BCUT2D eigenvalue weighted by atomic mass is 16.4. The number of aliphatic carboxylic acids is 1. The van der Waals surface area contributed by atoms with Gasteiger partial charge in [-0.1, -0.05) is 6.92 Å². The second kappa shape index (κ2) is 5.03. The largest absolute Gasteiger partial charge is 0.481 e. The number of carboxylic acids is 1. The molecule has 1 fully saturated rings. The quantitative estimate of drug-likeness (QED) is 0.863. The van der Waals surface area contributed by atoms with Gasteiger partial charge in [-0.25, -0.2) is 0 Å². The number of aryl methyl sites for hydroxylation is 2. The first-order chi connectivity index (χ1) is 8.90. The molecule has 1 heterocycles. The van der Waals surface area contributed by atoms with Crippen molar-refractivity contribution in [3.8, 4) is 0 Å². The Morgan fingerprint density at radius 1 is 1.58 bits per heavy atom. The fourth-order valence-electron chi connectivity index (χ4n) is 2.12. The lowest BCUT2D eigenvalue weighted by atomic mass is 10.1. The predicted octanol–water partition coefficient (Wildman–Crippen LogP) is 1.05. The molecule has 0 aromatic carbocycles. The van der Waals surface area contributed by atoms with Gasteiger partial charge in [0.25, 0.3) is 5.91 Å². The van der Waals surface area contributed by atoms with Crippen molar-refractivity contribution < 1.29 is 14.7 Å². The summed E-state index contributed by atoms with van der Waals surface area (Å²) in [6.07, 6.45) is 1.91. The van der Waals surface area contributed by atoms with Crippen LogP contribution in [0.4, 0.5) is 0 Å². The summed E-state index contributed by atoms with van der Waals surface area (Å²) in [7, 11) is 1.73. The van der Waals surface area contributed by atoms with Gasteiger partial charge in [0.2, 0.25) is 0 Å². The number of carbonyl (C=O) groups is 2. The third-order valence-electron chi connectivity index (χ3n) is 3.36. The smallest absolute Gasteiger partial charge is 0.308 e. The molecular weight excluding hydrogens is 246 g/mol. The molecule has 0 bridgehead atoms. The van der Waals surface area contributed by atoms with Crippen LogP contribution in [-0.2, 0) is 11.8 Å². The van der Waals surface area contributed by atoms with Crippen LogP contribution in [0.3, 0.4) is 0 Å². The Labute approximate surface area is 112 Å². The molecule has 1 aromatic rings. The SMILES string of the molecule is Cc1cc(C(=O)N(C[C@H](C)C(=O)O)C2CC2)n(C)n1. The average molecular weight is 265 g/mol. The van der Waals surface area contributed by atoms with Crippen molar-refractivity contribution in [1.82, 2.24) is 14.7 Å². The maximum absolute atomic E-state index is 12.5. The third kappa shape index (κ3) is 2.94. The second-order valence-corrected chi connectivity index (χ2v) is 5.22. The molecule has 1 N–H and O–H groups in total. The van der Waals surface area contributed by atoms with Crippen molar-refractivity contribution in [3.05, 3.63) is 17.5 Å². The number of hydrogen-bond acceptors (Lipinski definition) is 3. The molecule has 1 aromatic heterocycles. The Hall–Kier alpha value is -1.85. The Morgan fingerprint density at radius 2 is 2.21 bits per heavy atom. The Balaban J connectivity index is 2.17. The lowest BCUT2D eigenvalue weighted by Crippen LogP contribution is -2.39. The molecule has 0 aliphatic heterocycles. The summed E-state index contributed by atoms with van der Waals surface area (Å²) in [5, 5.41) is 13.1. The van der Waals surface area contributed by atoms with E-state index in [9.17, 15) is 9.59 Å². The minimum Gasteiger partial charge on any atom is -0.481 e. The maximum atomic E-state index is 12.5. The monoisotopic (exact) mass is 265 g/mol. The fourth-order valence-corrected chi connectivity index (χ4v) is 2.12. The van der Waals surface area contributed by atoms with Crippen LogP contribution in [0.25, 0.3) is 0 Å². The van der Waals surface area contributed by atoms with Gasteiger partial charge in [-0.2, -0.15) is 5.10 Å². The molecule has 6 heteroatoms. The summed E-state index contributed by atoms with van der Waals surface area (Å²) < 4.78 is 1.55. The van der Waals surface area contributed by atoms with E-state index < -0.39 is 11.9 Å². The molecule has 1 atom stereocenters. The molecule has 1 aliphatic rings. The first kappa shape index (κ1) is 13.6. The van der Waals surface area contributed by atoms with Gasteiger partial charge >= 0.3 is 5.97 Å². The molecule has 0 spiro atoms. The van der Waals surface area contributed by atoms with Crippen molar-refractivity contribution in [1.29, 1.82) is 0 Å². The van der Waals surface area contributed by atoms with Crippen LogP contribution in [0, 0.1) is 12.8 Å². The highest BCUT2D eigenvalue weighted by Gasteiger charge is 2.35. The van der Waals surface area contributed by atoms with Crippen molar-refractivity contribution in [2.45, 2.75) is 32.7 Å². The number of carboxylic acid groups (broad SMARTS) is 1. The summed E-state index contributed by atoms with van der Waals surface area (Å²) in [4.78, 5) is 25.1. The van der Waals surface area contributed by atoms with Gasteiger partial charge in [0, 0.05) is 19.6 Å². The van der Waals surface area contributed by atoms with Crippen molar-refractivity contribution in [3.63, 3.8) is 0 Å². The molecule has 0 radical (unpaired) electrons. The molecule has 1 amide bonds. The van der Waals surface area contributed by atoms with Crippen molar-refractivity contribution in [2.24, 2.45) is 13.0 Å². The highest BCUT2D eigenvalue weighted by molar-refractivity contribution is 5.93. The normalized spacial score (nSPS) is 16.2. The Morgan fingerprint density at radius 3 is 2.63 bits per heavy atom. The number of aromatic nitrogens is 2. The molecular formula is C13H19N3O3. The lowest BCUT2D eigenvalue weighted by Gasteiger charge is -2.24. The van der Waals surface area contributed by atoms with Gasteiger partial charge in [-0.05, 0) is 25.8 Å². The summed E-state index contributed by atoms with van der Waals surface area (Å²) in [6.45, 7) is 3.71. The molecule has 0 saturated heterocycles. The lowest BCUT2D eigenvalue weighted by molar-refractivity contribution is -0.141. The van der Waals surface area contributed by atoms with Crippen molar-refractivity contribution in [2.75, 3.05) is 6.54 Å². The first-order valence-electron chi connectivity index (χ1n) is 6.44. The first-order valence-corrected chi connectivity index (χ1v) is 6.44. The number of carbonyl (C=O) groups excluding carboxylic acids is 1. The maximum Gasteiger partial charge on any atom is 0.308 e. The summed E-state index contributed by atoms with van der Waals surface area (Å²) in [5.74, 6) is -1.56. The zero-order valence-corrected chi connectivity index (χ0v) is 11.5. The second-order valence-electron chi connectivity index (χ2n) is 5.22. The van der Waals surface area contributed by atoms with Gasteiger partial charge < -0.3 is 10.0 Å². The predicted molar refractivity (Wildman–Crippen MR) is 68.8 cm³/mol. The van der Waals surface area contributed by atoms with Gasteiger partial charge in [0.05, 0.1) is 11.6 Å². The van der Waals surface area contributed by atoms with Crippen LogP contribution in [0.2, 0.25) is 0 Å². The minimum absolute atomic E-state index is 0.126.